The summed E-state index contributed by atoms with van der Waals surface area (Å²) < 4.78 is 6.53. The Balaban J connectivity index is 5.25. The van der Waals surface area contributed by atoms with Crippen LogP contribution in [0.4, 0.5) is 0 Å². The second-order valence-electron chi connectivity index (χ2n) is 7.19. The predicted octanol–water partition coefficient (Wildman–Crippen LogP) is 5.30. The third-order valence-electron chi connectivity index (χ3n) is 3.89. The zero-order valence-corrected chi connectivity index (χ0v) is 15.7. The van der Waals surface area contributed by atoms with E-state index in [9.17, 15) is 0 Å². The Hall–Kier alpha value is -0.173. The van der Waals surface area contributed by atoms with Crippen LogP contribution in [0.25, 0.3) is 0 Å². The van der Waals surface area contributed by atoms with E-state index in [2.05, 4.69) is 65.5 Å². The van der Waals surface area contributed by atoms with Crippen molar-refractivity contribution in [3.63, 3.8) is 0 Å². The molecule has 0 aromatic heterocycles. The molecule has 0 bridgehead atoms. The van der Waals surface area contributed by atoms with Crippen molar-refractivity contribution in [3.8, 4) is 11.2 Å². The first kappa shape index (κ1) is 18.8. The molecule has 0 fully saturated rings. The molecule has 0 aliphatic carbocycles. The van der Waals surface area contributed by atoms with Gasteiger partial charge in [0.15, 0.2) is 8.32 Å². The zero-order chi connectivity index (χ0) is 15.3. The quantitative estimate of drug-likeness (QED) is 0.387. The van der Waals surface area contributed by atoms with E-state index in [0.29, 0.717) is 0 Å². The van der Waals surface area contributed by atoms with Crippen molar-refractivity contribution < 1.29 is 4.43 Å². The smallest absolute Gasteiger partial charge is 0.193 e. The second-order valence-corrected chi connectivity index (χ2v) is 12.6. The van der Waals surface area contributed by atoms with Gasteiger partial charge >= 0.3 is 0 Å². The molecule has 1 atom stereocenters. The van der Waals surface area contributed by atoms with Crippen molar-refractivity contribution in [1.29, 1.82) is 0 Å². The van der Waals surface area contributed by atoms with Crippen molar-refractivity contribution in [2.75, 3.05) is 6.26 Å². The molecule has 3 heteroatoms. The van der Waals surface area contributed by atoms with Gasteiger partial charge in [-0.3, -0.25) is 0 Å². The van der Waals surface area contributed by atoms with Crippen LogP contribution in [-0.4, -0.2) is 20.7 Å². The Morgan fingerprint density at radius 3 is 2.16 bits per heavy atom. The van der Waals surface area contributed by atoms with Gasteiger partial charge in [0.05, 0.1) is 0 Å². The van der Waals surface area contributed by atoms with Gasteiger partial charge in [0, 0.05) is 5.41 Å². The SMILES string of the molecule is C=CCC(C)(C)C(C#CSC)O[Si](C)(C)C(C)(C)C. The lowest BCUT2D eigenvalue weighted by Crippen LogP contribution is -2.47. The van der Waals surface area contributed by atoms with Crippen molar-refractivity contribution in [2.45, 2.75) is 65.3 Å². The number of thioether (sulfide) groups is 1. The minimum Gasteiger partial charge on any atom is -0.403 e. The summed E-state index contributed by atoms with van der Waals surface area (Å²) in [6.07, 6.45) is 4.84. The molecule has 1 nitrogen and oxygen atoms in total. The fraction of sp³-hybridized carbons (Fsp3) is 0.750. The normalized spacial score (nSPS) is 14.5. The zero-order valence-electron chi connectivity index (χ0n) is 13.9. The summed E-state index contributed by atoms with van der Waals surface area (Å²) in [5.74, 6) is 3.30. The molecule has 0 heterocycles. The maximum Gasteiger partial charge on any atom is 0.193 e. The molecule has 0 amide bonds. The van der Waals surface area contributed by atoms with E-state index < -0.39 is 8.32 Å². The van der Waals surface area contributed by atoms with Gasteiger partial charge in [-0.1, -0.05) is 58.4 Å². The van der Waals surface area contributed by atoms with E-state index in [1.165, 1.54) is 0 Å². The molecule has 0 aliphatic rings. The van der Waals surface area contributed by atoms with Crippen molar-refractivity contribution in [2.24, 2.45) is 5.41 Å². The summed E-state index contributed by atoms with van der Waals surface area (Å²) >= 11 is 1.55. The molecule has 0 N–H and O–H groups in total. The minimum atomic E-state index is -1.80. The molecule has 0 saturated heterocycles. The maximum absolute atomic E-state index is 6.53. The van der Waals surface area contributed by atoms with Crippen LogP contribution in [0.2, 0.25) is 18.1 Å². The fourth-order valence-corrected chi connectivity index (χ4v) is 2.99. The predicted molar refractivity (Wildman–Crippen MR) is 92.0 cm³/mol. The van der Waals surface area contributed by atoms with E-state index in [-0.39, 0.29) is 16.6 Å². The van der Waals surface area contributed by atoms with Crippen LogP contribution in [0.5, 0.6) is 0 Å². The lowest BCUT2D eigenvalue weighted by molar-refractivity contribution is 0.109. The number of rotatable bonds is 5. The summed E-state index contributed by atoms with van der Waals surface area (Å²) in [5.41, 5.74) is 0.000000000000000444. The van der Waals surface area contributed by atoms with Gasteiger partial charge in [-0.15, -0.1) is 6.58 Å². The van der Waals surface area contributed by atoms with Gasteiger partial charge < -0.3 is 4.43 Å². The van der Waals surface area contributed by atoms with E-state index >= 15 is 0 Å². The highest BCUT2D eigenvalue weighted by atomic mass is 32.2. The molecule has 1 unspecified atom stereocenters. The molecular formula is C16H30OSSi. The molecule has 110 valence electrons. The third-order valence-corrected chi connectivity index (χ3v) is 8.65. The van der Waals surface area contributed by atoms with E-state index in [1.807, 2.05) is 12.3 Å². The van der Waals surface area contributed by atoms with E-state index in [4.69, 9.17) is 4.43 Å². The fourth-order valence-electron chi connectivity index (χ4n) is 1.45. The van der Waals surface area contributed by atoms with Gasteiger partial charge in [0.2, 0.25) is 0 Å². The molecule has 19 heavy (non-hydrogen) atoms. The molecule has 0 aliphatic heterocycles. The molecule has 0 spiro atoms. The highest BCUT2D eigenvalue weighted by molar-refractivity contribution is 8.03. The van der Waals surface area contributed by atoms with Crippen LogP contribution in [-0.2, 0) is 4.43 Å². The van der Waals surface area contributed by atoms with Crippen LogP contribution >= 0.6 is 11.8 Å². The van der Waals surface area contributed by atoms with E-state index in [0.717, 1.165) is 6.42 Å². The lowest BCUT2D eigenvalue weighted by atomic mass is 9.83. The van der Waals surface area contributed by atoms with Crippen LogP contribution in [0.1, 0.15) is 41.0 Å². The average molecular weight is 299 g/mol. The number of hydrogen-bond donors (Lipinski definition) is 0. The largest absolute Gasteiger partial charge is 0.403 e. The molecule has 0 aromatic rings. The number of hydrogen-bond acceptors (Lipinski definition) is 2. The highest BCUT2D eigenvalue weighted by Gasteiger charge is 2.42. The van der Waals surface area contributed by atoms with Crippen molar-refractivity contribution in [1.82, 2.24) is 0 Å². The van der Waals surface area contributed by atoms with Crippen LogP contribution in [0.15, 0.2) is 12.7 Å². The first-order valence-electron chi connectivity index (χ1n) is 6.80. The minimum absolute atomic E-state index is 0.000000000000000444. The first-order chi connectivity index (χ1) is 8.48. The molecule has 0 saturated carbocycles. The van der Waals surface area contributed by atoms with Gasteiger partial charge in [0.1, 0.15) is 6.10 Å². The van der Waals surface area contributed by atoms with Crippen LogP contribution in [0.3, 0.4) is 0 Å². The first-order valence-corrected chi connectivity index (χ1v) is 10.9. The summed E-state index contributed by atoms with van der Waals surface area (Å²) in [6.45, 7) is 19.6. The number of allylic oxidation sites excluding steroid dienone is 1. The van der Waals surface area contributed by atoms with Crippen LogP contribution < -0.4 is 0 Å². The Morgan fingerprint density at radius 2 is 1.79 bits per heavy atom. The van der Waals surface area contributed by atoms with Crippen LogP contribution in [0, 0.1) is 16.6 Å². The van der Waals surface area contributed by atoms with Gasteiger partial charge in [-0.25, -0.2) is 0 Å². The Labute approximate surface area is 125 Å². The Kier molecular flexibility index (Phi) is 6.95. The summed E-state index contributed by atoms with van der Waals surface area (Å²) in [7, 11) is -1.80. The summed E-state index contributed by atoms with van der Waals surface area (Å²) in [6, 6.07) is 0. The lowest BCUT2D eigenvalue weighted by Gasteiger charge is -2.42. The highest BCUT2D eigenvalue weighted by Crippen LogP contribution is 2.40. The van der Waals surface area contributed by atoms with Crippen molar-refractivity contribution in [3.05, 3.63) is 12.7 Å². The van der Waals surface area contributed by atoms with Gasteiger partial charge in [-0.05, 0) is 36.1 Å². The molecule has 0 aromatic carbocycles. The Morgan fingerprint density at radius 1 is 1.26 bits per heavy atom. The topological polar surface area (TPSA) is 9.23 Å². The Bertz CT molecular complexity index is 355. The molecule has 0 rings (SSSR count). The standard InChI is InChI=1S/C16H30OSSi/c1-10-12-16(5,6)14(11-13-18-7)17-19(8,9)15(2,3)4/h10,14H,1,12H2,2-9H3. The summed E-state index contributed by atoms with van der Waals surface area (Å²) in [4.78, 5) is 0. The maximum atomic E-state index is 6.53. The molecular weight excluding hydrogens is 268 g/mol. The third kappa shape index (κ3) is 5.77. The monoisotopic (exact) mass is 298 g/mol. The molecule has 0 radical (unpaired) electrons. The summed E-state index contributed by atoms with van der Waals surface area (Å²) in [5, 5.41) is 3.32. The second kappa shape index (κ2) is 7.01. The van der Waals surface area contributed by atoms with Gasteiger partial charge in [-0.2, -0.15) is 0 Å². The average Bonchev–Trinajstić information content (AvgIpc) is 2.22. The van der Waals surface area contributed by atoms with Crippen molar-refractivity contribution >= 4 is 20.1 Å². The van der Waals surface area contributed by atoms with Gasteiger partial charge in [0.25, 0.3) is 0 Å². The van der Waals surface area contributed by atoms with E-state index in [1.54, 1.807) is 11.8 Å².